The molecule has 21 heavy (non-hydrogen) atoms. The third-order valence-corrected chi connectivity index (χ3v) is 3.82. The molecule has 1 aliphatic carbocycles. The second kappa shape index (κ2) is 5.40. The SMILES string of the molecule is O=C(Nc1ccccc1)C1(/C(=N/O)c2ccccc2)CC1. The molecule has 2 aromatic rings. The second-order valence-corrected chi connectivity index (χ2v) is 5.22. The zero-order chi connectivity index (χ0) is 14.7. The number of amides is 1. The maximum Gasteiger partial charge on any atom is 0.236 e. The number of rotatable bonds is 4. The van der Waals surface area contributed by atoms with E-state index in [0.717, 1.165) is 11.3 Å². The number of anilines is 1. The summed E-state index contributed by atoms with van der Waals surface area (Å²) in [6, 6.07) is 18.6. The van der Waals surface area contributed by atoms with E-state index in [9.17, 15) is 10.0 Å². The molecule has 0 aliphatic heterocycles. The van der Waals surface area contributed by atoms with E-state index in [-0.39, 0.29) is 5.91 Å². The average Bonchev–Trinajstić information content (AvgIpc) is 3.32. The highest BCUT2D eigenvalue weighted by atomic mass is 16.4. The number of benzene rings is 2. The number of carbonyl (C=O) groups is 1. The van der Waals surface area contributed by atoms with Gasteiger partial charge < -0.3 is 10.5 Å². The van der Waals surface area contributed by atoms with Crippen molar-refractivity contribution in [2.75, 3.05) is 5.32 Å². The van der Waals surface area contributed by atoms with Crippen LogP contribution in [0, 0.1) is 5.41 Å². The van der Waals surface area contributed by atoms with Gasteiger partial charge in [-0.05, 0) is 25.0 Å². The Morgan fingerprint density at radius 1 is 1.00 bits per heavy atom. The van der Waals surface area contributed by atoms with E-state index in [1.54, 1.807) is 0 Å². The van der Waals surface area contributed by atoms with Crippen molar-refractivity contribution < 1.29 is 10.0 Å². The van der Waals surface area contributed by atoms with Crippen molar-refractivity contribution in [1.82, 2.24) is 0 Å². The van der Waals surface area contributed by atoms with E-state index in [0.29, 0.717) is 18.6 Å². The molecule has 1 aliphatic rings. The normalized spacial score (nSPS) is 16.3. The Hall–Kier alpha value is -2.62. The van der Waals surface area contributed by atoms with Gasteiger partial charge in [-0.15, -0.1) is 0 Å². The third kappa shape index (κ3) is 2.52. The van der Waals surface area contributed by atoms with Crippen LogP contribution in [0.4, 0.5) is 5.69 Å². The highest BCUT2D eigenvalue weighted by molar-refractivity contribution is 6.21. The van der Waals surface area contributed by atoms with Crippen LogP contribution in [-0.4, -0.2) is 16.8 Å². The van der Waals surface area contributed by atoms with Gasteiger partial charge in [0.25, 0.3) is 0 Å². The van der Waals surface area contributed by atoms with E-state index in [1.807, 2.05) is 60.7 Å². The fraction of sp³-hybridized carbons (Fsp3) is 0.176. The van der Waals surface area contributed by atoms with Crippen LogP contribution in [0.1, 0.15) is 18.4 Å². The van der Waals surface area contributed by atoms with Gasteiger partial charge in [0.15, 0.2) is 0 Å². The van der Waals surface area contributed by atoms with Crippen LogP contribution in [0.3, 0.4) is 0 Å². The lowest BCUT2D eigenvalue weighted by molar-refractivity contribution is -0.119. The molecule has 0 atom stereocenters. The standard InChI is InChI=1S/C17H16N2O2/c20-16(18-14-9-5-2-6-10-14)17(11-12-17)15(19-21)13-7-3-1-4-8-13/h1-10,21H,11-12H2,(H,18,20)/b19-15+. The first kappa shape index (κ1) is 13.4. The highest BCUT2D eigenvalue weighted by Crippen LogP contribution is 2.49. The lowest BCUT2D eigenvalue weighted by Crippen LogP contribution is -2.32. The maximum absolute atomic E-state index is 12.6. The predicted molar refractivity (Wildman–Crippen MR) is 81.5 cm³/mol. The summed E-state index contributed by atoms with van der Waals surface area (Å²) in [5.74, 6) is -0.120. The minimum atomic E-state index is -0.716. The van der Waals surface area contributed by atoms with Crippen LogP contribution in [0.15, 0.2) is 65.8 Å². The van der Waals surface area contributed by atoms with Gasteiger partial charge in [0.05, 0.1) is 5.41 Å². The molecule has 0 aromatic heterocycles. The summed E-state index contributed by atoms with van der Waals surface area (Å²) in [5.41, 5.74) is 1.25. The second-order valence-electron chi connectivity index (χ2n) is 5.22. The first-order valence-corrected chi connectivity index (χ1v) is 6.91. The number of oxime groups is 1. The molecule has 1 fully saturated rings. The van der Waals surface area contributed by atoms with Gasteiger partial charge >= 0.3 is 0 Å². The lowest BCUT2D eigenvalue weighted by Gasteiger charge is -2.17. The Kier molecular flexibility index (Phi) is 3.44. The summed E-state index contributed by atoms with van der Waals surface area (Å²) < 4.78 is 0. The maximum atomic E-state index is 12.6. The Bertz CT molecular complexity index is 662. The Morgan fingerprint density at radius 2 is 1.57 bits per heavy atom. The van der Waals surface area contributed by atoms with Crippen molar-refractivity contribution in [2.24, 2.45) is 10.6 Å². The number of hydrogen-bond donors (Lipinski definition) is 2. The van der Waals surface area contributed by atoms with Crippen molar-refractivity contribution >= 4 is 17.3 Å². The van der Waals surface area contributed by atoms with Crippen LogP contribution in [0.5, 0.6) is 0 Å². The van der Waals surface area contributed by atoms with Crippen molar-refractivity contribution in [2.45, 2.75) is 12.8 Å². The largest absolute Gasteiger partial charge is 0.411 e. The van der Waals surface area contributed by atoms with Crippen LogP contribution in [-0.2, 0) is 4.79 Å². The third-order valence-electron chi connectivity index (χ3n) is 3.82. The molecule has 2 N–H and O–H groups in total. The van der Waals surface area contributed by atoms with Gasteiger partial charge in [-0.25, -0.2) is 0 Å². The molecule has 4 nitrogen and oxygen atoms in total. The quantitative estimate of drug-likeness (QED) is 0.513. The zero-order valence-electron chi connectivity index (χ0n) is 11.5. The van der Waals surface area contributed by atoms with Crippen LogP contribution < -0.4 is 5.32 Å². The fourth-order valence-corrected chi connectivity index (χ4v) is 2.49. The zero-order valence-corrected chi connectivity index (χ0v) is 11.5. The minimum absolute atomic E-state index is 0.120. The smallest absolute Gasteiger partial charge is 0.236 e. The molecule has 0 spiro atoms. The van der Waals surface area contributed by atoms with Crippen LogP contribution in [0.25, 0.3) is 0 Å². The fourth-order valence-electron chi connectivity index (χ4n) is 2.49. The first-order chi connectivity index (χ1) is 10.3. The first-order valence-electron chi connectivity index (χ1n) is 6.91. The molecule has 106 valence electrons. The summed E-state index contributed by atoms with van der Waals surface area (Å²) >= 11 is 0. The Labute approximate surface area is 123 Å². The molecule has 0 bridgehead atoms. The molecule has 2 aromatic carbocycles. The van der Waals surface area contributed by atoms with Gasteiger partial charge in [0, 0.05) is 11.3 Å². The number of hydrogen-bond acceptors (Lipinski definition) is 3. The molecule has 1 amide bonds. The van der Waals surface area contributed by atoms with E-state index in [1.165, 1.54) is 0 Å². The molecule has 1 saturated carbocycles. The average molecular weight is 280 g/mol. The van der Waals surface area contributed by atoms with E-state index < -0.39 is 5.41 Å². The van der Waals surface area contributed by atoms with Crippen LogP contribution in [0.2, 0.25) is 0 Å². The lowest BCUT2D eigenvalue weighted by atomic mass is 9.92. The molecule has 0 saturated heterocycles. The molecular weight excluding hydrogens is 264 g/mol. The molecule has 0 heterocycles. The highest BCUT2D eigenvalue weighted by Gasteiger charge is 2.55. The monoisotopic (exact) mass is 280 g/mol. The minimum Gasteiger partial charge on any atom is -0.411 e. The summed E-state index contributed by atoms with van der Waals surface area (Å²) in [6.45, 7) is 0. The van der Waals surface area contributed by atoms with Gasteiger partial charge in [0.2, 0.25) is 5.91 Å². The topological polar surface area (TPSA) is 61.7 Å². The predicted octanol–water partition coefficient (Wildman–Crippen LogP) is 3.28. The molecule has 0 radical (unpaired) electrons. The number of carbonyl (C=O) groups excluding carboxylic acids is 1. The van der Waals surface area contributed by atoms with Gasteiger partial charge in [0.1, 0.15) is 5.71 Å². The van der Waals surface area contributed by atoms with Crippen LogP contribution >= 0.6 is 0 Å². The van der Waals surface area contributed by atoms with Crippen molar-refractivity contribution in [3.63, 3.8) is 0 Å². The summed E-state index contributed by atoms with van der Waals surface area (Å²) in [6.07, 6.45) is 1.39. The summed E-state index contributed by atoms with van der Waals surface area (Å²) in [4.78, 5) is 12.6. The number of nitrogens with one attached hydrogen (secondary N) is 1. The molecule has 0 unspecified atom stereocenters. The van der Waals surface area contributed by atoms with E-state index in [4.69, 9.17) is 0 Å². The van der Waals surface area contributed by atoms with E-state index >= 15 is 0 Å². The summed E-state index contributed by atoms with van der Waals surface area (Å²) in [5, 5.41) is 15.7. The van der Waals surface area contributed by atoms with Crippen molar-refractivity contribution in [3.05, 3.63) is 66.2 Å². The summed E-state index contributed by atoms with van der Waals surface area (Å²) in [7, 11) is 0. The molecule has 4 heteroatoms. The van der Waals surface area contributed by atoms with Gasteiger partial charge in [-0.1, -0.05) is 53.7 Å². The van der Waals surface area contributed by atoms with Crippen molar-refractivity contribution in [1.29, 1.82) is 0 Å². The molecular formula is C17H16N2O2. The van der Waals surface area contributed by atoms with E-state index in [2.05, 4.69) is 10.5 Å². The Morgan fingerprint density at radius 3 is 2.10 bits per heavy atom. The van der Waals surface area contributed by atoms with Crippen molar-refractivity contribution in [3.8, 4) is 0 Å². The Balaban J connectivity index is 1.85. The molecule has 3 rings (SSSR count). The number of para-hydroxylation sites is 1. The van der Waals surface area contributed by atoms with Gasteiger partial charge in [-0.2, -0.15) is 0 Å². The van der Waals surface area contributed by atoms with Gasteiger partial charge in [-0.3, -0.25) is 4.79 Å². The number of nitrogens with zero attached hydrogens (tertiary/aromatic N) is 1.